The zero-order chi connectivity index (χ0) is 21.1. The van der Waals surface area contributed by atoms with Gasteiger partial charge in [-0.15, -0.1) is 5.10 Å². The number of hydrogen-bond donors (Lipinski definition) is 1. The lowest BCUT2D eigenvalue weighted by atomic mass is 10.1. The van der Waals surface area contributed by atoms with Crippen LogP contribution in [0.5, 0.6) is 0 Å². The third-order valence-corrected chi connectivity index (χ3v) is 5.11. The van der Waals surface area contributed by atoms with E-state index < -0.39 is 5.91 Å². The molecule has 6 nitrogen and oxygen atoms in total. The smallest absolute Gasteiger partial charge is 0.278 e. The van der Waals surface area contributed by atoms with Crippen molar-refractivity contribution in [2.75, 3.05) is 5.32 Å². The number of hydrogen-bond acceptors (Lipinski definition) is 4. The van der Waals surface area contributed by atoms with E-state index >= 15 is 0 Å². The maximum absolute atomic E-state index is 14.2. The molecular weight excluding hydrogens is 405 g/mol. The fourth-order valence-corrected chi connectivity index (χ4v) is 3.26. The first kappa shape index (κ1) is 19.7. The van der Waals surface area contributed by atoms with Crippen LogP contribution in [0, 0.1) is 12.7 Å². The van der Waals surface area contributed by atoms with Gasteiger partial charge in [-0.2, -0.15) is 0 Å². The van der Waals surface area contributed by atoms with Crippen LogP contribution in [-0.4, -0.2) is 25.9 Å². The van der Waals surface area contributed by atoms with E-state index in [0.29, 0.717) is 27.5 Å². The molecule has 8 heteroatoms. The summed E-state index contributed by atoms with van der Waals surface area (Å²) in [5, 5.41) is 11.6. The van der Waals surface area contributed by atoms with Gasteiger partial charge in [-0.25, -0.2) is 9.07 Å². The van der Waals surface area contributed by atoms with Gasteiger partial charge in [-0.05, 0) is 42.8 Å². The van der Waals surface area contributed by atoms with E-state index in [1.807, 2.05) is 6.92 Å². The predicted molar refractivity (Wildman–Crippen MR) is 113 cm³/mol. The number of amides is 1. The highest BCUT2D eigenvalue weighted by Gasteiger charge is 2.22. The largest absolute Gasteiger partial charge is 0.320 e. The summed E-state index contributed by atoms with van der Waals surface area (Å²) in [4.78, 5) is 17.1. The van der Waals surface area contributed by atoms with Crippen LogP contribution in [0.4, 0.5) is 10.1 Å². The molecule has 30 heavy (non-hydrogen) atoms. The van der Waals surface area contributed by atoms with Crippen LogP contribution in [-0.2, 0) is 6.54 Å². The number of rotatable bonds is 5. The number of halogens is 2. The van der Waals surface area contributed by atoms with Gasteiger partial charge in [0.05, 0.1) is 6.54 Å². The van der Waals surface area contributed by atoms with E-state index in [-0.39, 0.29) is 18.1 Å². The van der Waals surface area contributed by atoms with E-state index in [2.05, 4.69) is 20.6 Å². The number of anilines is 1. The summed E-state index contributed by atoms with van der Waals surface area (Å²) in [7, 11) is 0. The molecular formula is C22H17ClFN5O. The fraction of sp³-hybridized carbons (Fsp3) is 0.0909. The highest BCUT2D eigenvalue weighted by atomic mass is 35.5. The average molecular weight is 422 g/mol. The van der Waals surface area contributed by atoms with Crippen molar-refractivity contribution in [3.05, 3.63) is 94.7 Å². The highest BCUT2D eigenvalue weighted by Crippen LogP contribution is 2.26. The molecule has 4 aromatic rings. The van der Waals surface area contributed by atoms with Gasteiger partial charge in [-0.3, -0.25) is 9.78 Å². The molecule has 0 bridgehead atoms. The monoisotopic (exact) mass is 421 g/mol. The van der Waals surface area contributed by atoms with Crippen LogP contribution in [0.25, 0.3) is 11.3 Å². The molecule has 0 aliphatic carbocycles. The zero-order valence-corrected chi connectivity index (χ0v) is 16.8. The van der Waals surface area contributed by atoms with E-state index in [1.165, 1.54) is 10.7 Å². The Balaban J connectivity index is 1.74. The SMILES string of the molecule is Cc1c(Cl)cccc1NC(=O)c1nnn(Cc2ccccc2F)c1-c1ccncc1. The highest BCUT2D eigenvalue weighted by molar-refractivity contribution is 6.31. The average Bonchev–Trinajstić information content (AvgIpc) is 3.17. The molecule has 0 atom stereocenters. The number of benzene rings is 2. The standard InChI is InChI=1S/C22H17ClFN5O/c1-14-17(23)6-4-8-19(14)26-22(30)20-21(15-9-11-25-12-10-15)29(28-27-20)13-16-5-2-3-7-18(16)24/h2-12H,13H2,1H3,(H,26,30). The molecule has 0 saturated heterocycles. The molecule has 1 amide bonds. The summed E-state index contributed by atoms with van der Waals surface area (Å²) in [5.41, 5.74) is 3.05. The second-order valence-corrected chi connectivity index (χ2v) is 7.05. The molecule has 0 saturated carbocycles. The van der Waals surface area contributed by atoms with Crippen LogP contribution in [0.3, 0.4) is 0 Å². The summed E-state index contributed by atoms with van der Waals surface area (Å²) in [6, 6.07) is 15.2. The van der Waals surface area contributed by atoms with Crippen molar-refractivity contribution in [3.8, 4) is 11.3 Å². The Hall–Kier alpha value is -3.58. The van der Waals surface area contributed by atoms with Crippen LogP contribution in [0.1, 0.15) is 21.6 Å². The van der Waals surface area contributed by atoms with Crippen LogP contribution in [0.15, 0.2) is 67.0 Å². The molecule has 2 aromatic carbocycles. The quantitative estimate of drug-likeness (QED) is 0.505. The molecule has 0 unspecified atom stereocenters. The first-order valence-electron chi connectivity index (χ1n) is 9.18. The third kappa shape index (κ3) is 3.92. The van der Waals surface area contributed by atoms with Crippen molar-refractivity contribution in [1.82, 2.24) is 20.0 Å². The summed E-state index contributed by atoms with van der Waals surface area (Å²) in [5.74, 6) is -0.791. The molecule has 0 radical (unpaired) electrons. The minimum atomic E-state index is -0.438. The maximum atomic E-state index is 14.2. The predicted octanol–water partition coefficient (Wildman–Crippen LogP) is 4.74. The number of nitrogens with zero attached hydrogens (tertiary/aromatic N) is 4. The van der Waals surface area contributed by atoms with E-state index in [4.69, 9.17) is 11.6 Å². The van der Waals surface area contributed by atoms with Crippen LogP contribution in [0.2, 0.25) is 5.02 Å². The van der Waals surface area contributed by atoms with Crippen molar-refractivity contribution in [1.29, 1.82) is 0 Å². The summed E-state index contributed by atoms with van der Waals surface area (Å²) < 4.78 is 15.7. The van der Waals surface area contributed by atoms with Gasteiger partial charge in [0.1, 0.15) is 11.5 Å². The van der Waals surface area contributed by atoms with E-state index in [1.54, 1.807) is 60.9 Å². The Morgan fingerprint density at radius 3 is 2.63 bits per heavy atom. The number of pyridine rings is 1. The Labute approximate surface area is 177 Å². The second-order valence-electron chi connectivity index (χ2n) is 6.64. The number of aromatic nitrogens is 4. The van der Waals surface area contributed by atoms with Gasteiger partial charge in [0.25, 0.3) is 5.91 Å². The zero-order valence-electron chi connectivity index (χ0n) is 16.0. The van der Waals surface area contributed by atoms with E-state index in [0.717, 1.165) is 5.56 Å². The number of carbonyl (C=O) groups excluding carboxylic acids is 1. The Bertz CT molecular complexity index is 1210. The van der Waals surface area contributed by atoms with Crippen LogP contribution >= 0.6 is 11.6 Å². The van der Waals surface area contributed by atoms with Crippen molar-refractivity contribution >= 4 is 23.2 Å². The lowest BCUT2D eigenvalue weighted by molar-refractivity contribution is 0.102. The minimum Gasteiger partial charge on any atom is -0.320 e. The Morgan fingerprint density at radius 1 is 1.10 bits per heavy atom. The van der Waals surface area contributed by atoms with Gasteiger partial charge >= 0.3 is 0 Å². The van der Waals surface area contributed by atoms with Gasteiger partial charge in [0.2, 0.25) is 0 Å². The van der Waals surface area contributed by atoms with Crippen molar-refractivity contribution in [2.24, 2.45) is 0 Å². The van der Waals surface area contributed by atoms with Gasteiger partial charge in [0.15, 0.2) is 5.69 Å². The van der Waals surface area contributed by atoms with Crippen LogP contribution < -0.4 is 5.32 Å². The van der Waals surface area contributed by atoms with Gasteiger partial charge in [0, 0.05) is 34.2 Å². The lowest BCUT2D eigenvalue weighted by Gasteiger charge is -2.11. The van der Waals surface area contributed by atoms with E-state index in [9.17, 15) is 9.18 Å². The molecule has 2 heterocycles. The topological polar surface area (TPSA) is 72.7 Å². The fourth-order valence-electron chi connectivity index (χ4n) is 3.08. The molecule has 0 spiro atoms. The molecule has 4 rings (SSSR count). The minimum absolute atomic E-state index is 0.122. The first-order valence-corrected chi connectivity index (χ1v) is 9.56. The van der Waals surface area contributed by atoms with Crippen molar-refractivity contribution < 1.29 is 9.18 Å². The molecule has 0 aliphatic rings. The first-order chi connectivity index (χ1) is 14.5. The van der Waals surface area contributed by atoms with Crippen molar-refractivity contribution in [3.63, 3.8) is 0 Å². The molecule has 150 valence electrons. The molecule has 0 aliphatic heterocycles. The van der Waals surface area contributed by atoms with Crippen molar-refractivity contribution in [2.45, 2.75) is 13.5 Å². The third-order valence-electron chi connectivity index (χ3n) is 4.70. The maximum Gasteiger partial charge on any atom is 0.278 e. The summed E-state index contributed by atoms with van der Waals surface area (Å²) in [6.07, 6.45) is 3.22. The summed E-state index contributed by atoms with van der Waals surface area (Å²) >= 11 is 6.15. The molecule has 1 N–H and O–H groups in total. The summed E-state index contributed by atoms with van der Waals surface area (Å²) in [6.45, 7) is 1.94. The van der Waals surface area contributed by atoms with Gasteiger partial charge < -0.3 is 5.32 Å². The normalized spacial score (nSPS) is 10.8. The number of carbonyl (C=O) groups is 1. The number of nitrogens with one attached hydrogen (secondary N) is 1. The molecule has 0 fully saturated rings. The Morgan fingerprint density at radius 2 is 1.87 bits per heavy atom. The van der Waals surface area contributed by atoms with Gasteiger partial charge in [-0.1, -0.05) is 41.1 Å². The second kappa shape index (κ2) is 8.42. The Kier molecular flexibility index (Phi) is 5.54. The molecule has 2 aromatic heterocycles. The lowest BCUT2D eigenvalue weighted by Crippen LogP contribution is -2.15.